The van der Waals surface area contributed by atoms with Gasteiger partial charge in [-0.05, 0) is 0 Å². The highest BCUT2D eigenvalue weighted by atomic mass is 16.7. The molecule has 0 saturated carbocycles. The monoisotopic (exact) mass is 324 g/mol. The number of hydrogen-bond acceptors (Lipinski definition) is 10. The van der Waals surface area contributed by atoms with E-state index in [0.29, 0.717) is 0 Å². The zero-order valence-electron chi connectivity index (χ0n) is 11.7. The zero-order chi connectivity index (χ0) is 16.5. The molecule has 2 saturated heterocycles. The Kier molecular flexibility index (Phi) is 5.72. The van der Waals surface area contributed by atoms with E-state index in [4.69, 9.17) is 25.1 Å². The van der Waals surface area contributed by atoms with E-state index in [1.165, 1.54) is 0 Å². The summed E-state index contributed by atoms with van der Waals surface area (Å²) >= 11 is 0. The molecule has 0 amide bonds. The molecule has 2 aliphatic heterocycles. The molecule has 8 atom stereocenters. The lowest BCUT2D eigenvalue weighted by molar-refractivity contribution is -0.310. The van der Waals surface area contributed by atoms with Gasteiger partial charge in [-0.25, -0.2) is 0 Å². The molecule has 0 aliphatic carbocycles. The Hall–Kier alpha value is -0.400. The van der Waals surface area contributed by atoms with Crippen molar-refractivity contribution in [1.29, 1.82) is 0 Å². The highest BCUT2D eigenvalue weighted by molar-refractivity contribution is 5.01. The molecule has 1 radical (unpaired) electrons. The summed E-state index contributed by atoms with van der Waals surface area (Å²) in [5.74, 6) is 0. The van der Waals surface area contributed by atoms with E-state index in [0.717, 1.165) is 6.61 Å². The van der Waals surface area contributed by atoms with Crippen molar-refractivity contribution in [2.45, 2.75) is 55.1 Å². The summed E-state index contributed by atoms with van der Waals surface area (Å²) in [6.45, 7) is -0.259. The van der Waals surface area contributed by atoms with Crippen LogP contribution in [0.15, 0.2) is 0 Å². The maximum absolute atomic E-state index is 10.0. The Morgan fingerprint density at radius 2 is 1.82 bits per heavy atom. The molecule has 22 heavy (non-hydrogen) atoms. The van der Waals surface area contributed by atoms with Crippen LogP contribution in [0.2, 0.25) is 0 Å². The van der Waals surface area contributed by atoms with Crippen LogP contribution in [0.1, 0.15) is 6.42 Å². The molecule has 0 spiro atoms. The van der Waals surface area contributed by atoms with Crippen molar-refractivity contribution in [1.82, 2.24) is 0 Å². The summed E-state index contributed by atoms with van der Waals surface area (Å²) in [6.07, 6.45) is -8.62. The van der Waals surface area contributed by atoms with Gasteiger partial charge in [0, 0.05) is 6.42 Å². The largest absolute Gasteiger partial charge is 0.394 e. The standard InChI is InChI=1S/C12H22NO9/c13-12(19)4-20-7(3-15)10(11(12)18)22-8-1-5(16)9(17)6(2-14)21-8/h4-11,14-19H,1-3,13H2/t5-,6-,7-,8+,9-,10-,11+,12+/m1/s1. The Morgan fingerprint density at radius 3 is 2.41 bits per heavy atom. The first kappa shape index (κ1) is 17.9. The first-order valence-electron chi connectivity index (χ1n) is 6.88. The third-order valence-corrected chi connectivity index (χ3v) is 3.79. The fourth-order valence-corrected chi connectivity index (χ4v) is 2.45. The van der Waals surface area contributed by atoms with Crippen LogP contribution >= 0.6 is 0 Å². The lowest BCUT2D eigenvalue weighted by atomic mass is 9.95. The lowest BCUT2D eigenvalue weighted by Gasteiger charge is -2.45. The van der Waals surface area contributed by atoms with E-state index in [1.807, 2.05) is 0 Å². The molecular formula is C12H22NO9. The molecule has 0 bridgehead atoms. The molecule has 8 N–H and O–H groups in total. The first-order valence-corrected chi connectivity index (χ1v) is 6.88. The molecular weight excluding hydrogens is 302 g/mol. The maximum atomic E-state index is 10.0. The molecule has 2 fully saturated rings. The quantitative estimate of drug-likeness (QED) is 0.251. The number of aliphatic hydroxyl groups is 6. The topological polar surface area (TPSA) is 175 Å². The third kappa shape index (κ3) is 3.57. The molecule has 10 heteroatoms. The number of aliphatic hydroxyl groups excluding tert-OH is 5. The maximum Gasteiger partial charge on any atom is 0.171 e. The SMILES string of the molecule is N[C@]1(O)[CH]O[C@H](CO)[C@@H](O[C@H]2C[C@@H](O)[C@@H](O)[C@@H](CO)O2)[C@@H]1O. The van der Waals surface area contributed by atoms with Gasteiger partial charge in [-0.15, -0.1) is 0 Å². The molecule has 2 aliphatic rings. The van der Waals surface area contributed by atoms with E-state index in [1.54, 1.807) is 0 Å². The van der Waals surface area contributed by atoms with Crippen LogP contribution in [0.4, 0.5) is 0 Å². The lowest BCUT2D eigenvalue weighted by Crippen LogP contribution is -2.66. The number of ether oxygens (including phenoxy) is 3. The van der Waals surface area contributed by atoms with Crippen LogP contribution in [-0.2, 0) is 14.2 Å². The summed E-state index contributed by atoms with van der Waals surface area (Å²) in [6, 6.07) is 0. The van der Waals surface area contributed by atoms with Crippen molar-refractivity contribution < 1.29 is 44.8 Å². The van der Waals surface area contributed by atoms with Crippen molar-refractivity contribution in [2.24, 2.45) is 5.73 Å². The van der Waals surface area contributed by atoms with E-state index in [9.17, 15) is 25.5 Å². The van der Waals surface area contributed by atoms with E-state index in [-0.39, 0.29) is 6.42 Å². The second kappa shape index (κ2) is 7.01. The summed E-state index contributed by atoms with van der Waals surface area (Å²) in [5, 5.41) is 57.5. The average Bonchev–Trinajstić information content (AvgIpc) is 2.47. The van der Waals surface area contributed by atoms with Crippen LogP contribution in [-0.4, -0.2) is 92.5 Å². The predicted molar refractivity (Wildman–Crippen MR) is 68.7 cm³/mol. The molecule has 10 nitrogen and oxygen atoms in total. The van der Waals surface area contributed by atoms with Crippen molar-refractivity contribution in [2.75, 3.05) is 13.2 Å². The second-order valence-electron chi connectivity index (χ2n) is 5.49. The highest BCUT2D eigenvalue weighted by Crippen LogP contribution is 2.29. The summed E-state index contributed by atoms with van der Waals surface area (Å²) in [5.41, 5.74) is 3.25. The van der Waals surface area contributed by atoms with Crippen molar-refractivity contribution >= 4 is 0 Å². The molecule has 2 heterocycles. The van der Waals surface area contributed by atoms with Crippen LogP contribution in [0.3, 0.4) is 0 Å². The minimum absolute atomic E-state index is 0.133. The first-order chi connectivity index (χ1) is 10.3. The summed E-state index contributed by atoms with van der Waals surface area (Å²) in [7, 11) is 0. The molecule has 0 aromatic heterocycles. The third-order valence-electron chi connectivity index (χ3n) is 3.79. The molecule has 129 valence electrons. The van der Waals surface area contributed by atoms with Gasteiger partial charge in [-0.1, -0.05) is 0 Å². The fourth-order valence-electron chi connectivity index (χ4n) is 2.45. The second-order valence-corrected chi connectivity index (χ2v) is 5.49. The normalized spacial score (nSPS) is 50.0. The van der Waals surface area contributed by atoms with E-state index >= 15 is 0 Å². The van der Waals surface area contributed by atoms with Gasteiger partial charge in [0.15, 0.2) is 12.0 Å². The molecule has 0 aromatic carbocycles. The van der Waals surface area contributed by atoms with Gasteiger partial charge in [0.1, 0.15) is 37.1 Å². The van der Waals surface area contributed by atoms with Gasteiger partial charge in [0.2, 0.25) is 0 Å². The van der Waals surface area contributed by atoms with Crippen LogP contribution in [0.25, 0.3) is 0 Å². The smallest absolute Gasteiger partial charge is 0.171 e. The minimum atomic E-state index is -2.18. The Labute approximate surface area is 126 Å². The summed E-state index contributed by atoms with van der Waals surface area (Å²) < 4.78 is 15.7. The van der Waals surface area contributed by atoms with Gasteiger partial charge in [0.05, 0.1) is 19.3 Å². The zero-order valence-corrected chi connectivity index (χ0v) is 11.7. The van der Waals surface area contributed by atoms with Gasteiger partial charge in [-0.2, -0.15) is 0 Å². The van der Waals surface area contributed by atoms with Gasteiger partial charge in [0.25, 0.3) is 0 Å². The fraction of sp³-hybridized carbons (Fsp3) is 0.917. The Morgan fingerprint density at radius 1 is 1.18 bits per heavy atom. The molecule has 0 aromatic rings. The predicted octanol–water partition coefficient (Wildman–Crippen LogP) is -4.24. The number of rotatable bonds is 4. The van der Waals surface area contributed by atoms with E-state index < -0.39 is 61.9 Å². The van der Waals surface area contributed by atoms with Gasteiger partial charge in [-0.3, -0.25) is 5.73 Å². The Balaban J connectivity index is 2.06. The van der Waals surface area contributed by atoms with Crippen molar-refractivity contribution in [3.63, 3.8) is 0 Å². The summed E-state index contributed by atoms with van der Waals surface area (Å²) in [4.78, 5) is 0. The average molecular weight is 324 g/mol. The van der Waals surface area contributed by atoms with Crippen molar-refractivity contribution in [3.8, 4) is 0 Å². The van der Waals surface area contributed by atoms with Crippen LogP contribution in [0, 0.1) is 6.61 Å². The van der Waals surface area contributed by atoms with Gasteiger partial charge >= 0.3 is 0 Å². The number of hydrogen-bond donors (Lipinski definition) is 7. The van der Waals surface area contributed by atoms with Crippen LogP contribution in [0.5, 0.6) is 0 Å². The highest BCUT2D eigenvalue weighted by Gasteiger charge is 2.49. The molecule has 0 unspecified atom stereocenters. The Bertz CT molecular complexity index is 369. The van der Waals surface area contributed by atoms with Crippen LogP contribution < -0.4 is 5.73 Å². The van der Waals surface area contributed by atoms with Gasteiger partial charge < -0.3 is 44.8 Å². The van der Waals surface area contributed by atoms with E-state index in [2.05, 4.69) is 0 Å². The van der Waals surface area contributed by atoms with Crippen molar-refractivity contribution in [3.05, 3.63) is 6.61 Å². The minimum Gasteiger partial charge on any atom is -0.394 e. The molecule has 2 rings (SSSR count). The number of nitrogens with two attached hydrogens (primary N) is 1.